The molecule has 3 saturated heterocycles. The minimum atomic E-state index is -1.08. The number of amides is 1. The zero-order valence-corrected chi connectivity index (χ0v) is 14.1. The van der Waals surface area contributed by atoms with Crippen LogP contribution in [-0.2, 0) is 28.5 Å². The van der Waals surface area contributed by atoms with Gasteiger partial charge in [-0.15, -0.1) is 0 Å². The molecule has 3 aliphatic heterocycles. The molecule has 3 aliphatic rings. The molecule has 1 N–H and O–H groups in total. The van der Waals surface area contributed by atoms with E-state index < -0.39 is 23.5 Å². The van der Waals surface area contributed by atoms with E-state index in [2.05, 4.69) is 17.9 Å². The minimum absolute atomic E-state index is 0.101. The van der Waals surface area contributed by atoms with Crippen molar-refractivity contribution in [2.75, 3.05) is 18.9 Å². The van der Waals surface area contributed by atoms with E-state index in [1.807, 2.05) is 27.7 Å². The standard InChI is InChI=1S/C14H23NO6S/c1-12(2)18-8-5-17-14(7-15-9(16)6-22)11(10(8)19-12)20-13(3,4)21-14/h8,10-11,22H,5-7H2,1-4H3,(H,15,16)/t8-,10-,11+,14+/m1/s1. The van der Waals surface area contributed by atoms with Crippen LogP contribution in [0.5, 0.6) is 0 Å². The number of carbonyl (C=O) groups excluding carboxylic acids is 1. The highest BCUT2D eigenvalue weighted by Crippen LogP contribution is 2.47. The molecule has 0 aromatic carbocycles. The van der Waals surface area contributed by atoms with E-state index in [0.717, 1.165) is 0 Å². The summed E-state index contributed by atoms with van der Waals surface area (Å²) in [6.07, 6.45) is -1.01. The Balaban J connectivity index is 1.83. The number of fused-ring (bicyclic) bond motifs is 3. The molecule has 4 atom stereocenters. The average molecular weight is 333 g/mol. The van der Waals surface area contributed by atoms with E-state index in [0.29, 0.717) is 6.61 Å². The van der Waals surface area contributed by atoms with Gasteiger partial charge in [0.15, 0.2) is 11.6 Å². The van der Waals surface area contributed by atoms with Crippen LogP contribution in [0.4, 0.5) is 0 Å². The van der Waals surface area contributed by atoms with Gasteiger partial charge in [-0.25, -0.2) is 0 Å². The first kappa shape index (κ1) is 16.5. The van der Waals surface area contributed by atoms with Gasteiger partial charge in [-0.05, 0) is 27.7 Å². The van der Waals surface area contributed by atoms with Crippen LogP contribution < -0.4 is 5.32 Å². The Morgan fingerprint density at radius 2 is 1.91 bits per heavy atom. The van der Waals surface area contributed by atoms with Gasteiger partial charge in [-0.1, -0.05) is 0 Å². The molecule has 0 aromatic heterocycles. The minimum Gasteiger partial charge on any atom is -0.350 e. The molecule has 0 spiro atoms. The molecule has 1 amide bonds. The maximum absolute atomic E-state index is 11.5. The van der Waals surface area contributed by atoms with Crippen LogP contribution >= 0.6 is 12.6 Å². The Morgan fingerprint density at radius 3 is 2.59 bits per heavy atom. The number of carbonyl (C=O) groups is 1. The fourth-order valence-electron chi connectivity index (χ4n) is 3.26. The van der Waals surface area contributed by atoms with E-state index in [1.54, 1.807) is 0 Å². The maximum atomic E-state index is 11.5. The molecular formula is C14H23NO6S. The molecule has 0 aromatic rings. The van der Waals surface area contributed by atoms with Crippen molar-refractivity contribution in [2.45, 2.75) is 63.4 Å². The zero-order valence-electron chi connectivity index (χ0n) is 13.3. The Labute approximate surface area is 135 Å². The van der Waals surface area contributed by atoms with Crippen LogP contribution in [0.2, 0.25) is 0 Å². The summed E-state index contributed by atoms with van der Waals surface area (Å²) in [5, 5.41) is 2.76. The average Bonchev–Trinajstić information content (AvgIpc) is 2.87. The maximum Gasteiger partial charge on any atom is 0.229 e. The van der Waals surface area contributed by atoms with Crippen LogP contribution in [0.1, 0.15) is 27.7 Å². The van der Waals surface area contributed by atoms with E-state index in [-0.39, 0.29) is 30.4 Å². The second kappa shape index (κ2) is 5.32. The van der Waals surface area contributed by atoms with Gasteiger partial charge in [0.1, 0.15) is 18.3 Å². The van der Waals surface area contributed by atoms with Crippen molar-refractivity contribution in [3.05, 3.63) is 0 Å². The summed E-state index contributed by atoms with van der Waals surface area (Å²) in [7, 11) is 0. The Morgan fingerprint density at radius 1 is 1.18 bits per heavy atom. The van der Waals surface area contributed by atoms with Crippen LogP contribution in [-0.4, -0.2) is 60.5 Å². The largest absolute Gasteiger partial charge is 0.350 e. The van der Waals surface area contributed by atoms with E-state index >= 15 is 0 Å². The van der Waals surface area contributed by atoms with E-state index in [9.17, 15) is 4.79 Å². The van der Waals surface area contributed by atoms with Gasteiger partial charge in [-0.3, -0.25) is 4.79 Å². The number of ether oxygens (including phenoxy) is 5. The molecule has 3 heterocycles. The molecule has 7 nitrogen and oxygen atoms in total. The summed E-state index contributed by atoms with van der Waals surface area (Å²) in [4.78, 5) is 11.5. The van der Waals surface area contributed by atoms with Gasteiger partial charge in [0.2, 0.25) is 11.7 Å². The Bertz CT molecular complexity index is 470. The highest BCUT2D eigenvalue weighted by molar-refractivity contribution is 7.81. The molecular weight excluding hydrogens is 310 g/mol. The molecule has 3 rings (SSSR count). The normalized spacial score (nSPS) is 41.8. The predicted octanol–water partition coefficient (Wildman–Crippen LogP) is 0.430. The third kappa shape index (κ3) is 2.88. The quantitative estimate of drug-likeness (QED) is 0.730. The van der Waals surface area contributed by atoms with Crippen molar-refractivity contribution in [1.29, 1.82) is 0 Å². The lowest BCUT2D eigenvalue weighted by atomic mass is 9.97. The van der Waals surface area contributed by atoms with Crippen molar-refractivity contribution in [1.82, 2.24) is 5.32 Å². The van der Waals surface area contributed by atoms with Crippen molar-refractivity contribution in [3.63, 3.8) is 0 Å². The summed E-state index contributed by atoms with van der Waals surface area (Å²) in [6, 6.07) is 0. The fourth-order valence-corrected chi connectivity index (χ4v) is 3.37. The molecule has 0 bridgehead atoms. The number of hydrogen-bond acceptors (Lipinski definition) is 7. The van der Waals surface area contributed by atoms with Crippen molar-refractivity contribution < 1.29 is 28.5 Å². The van der Waals surface area contributed by atoms with Gasteiger partial charge in [0.25, 0.3) is 0 Å². The summed E-state index contributed by atoms with van der Waals surface area (Å²) < 4.78 is 29.8. The molecule has 8 heteroatoms. The molecule has 0 aliphatic carbocycles. The lowest BCUT2D eigenvalue weighted by molar-refractivity contribution is -0.277. The van der Waals surface area contributed by atoms with Crippen LogP contribution in [0, 0.1) is 0 Å². The molecule has 0 radical (unpaired) electrons. The molecule has 0 saturated carbocycles. The van der Waals surface area contributed by atoms with Gasteiger partial charge in [0.05, 0.1) is 18.9 Å². The third-order valence-electron chi connectivity index (χ3n) is 3.95. The monoisotopic (exact) mass is 333 g/mol. The van der Waals surface area contributed by atoms with Crippen LogP contribution in [0.3, 0.4) is 0 Å². The molecule has 22 heavy (non-hydrogen) atoms. The lowest BCUT2D eigenvalue weighted by Gasteiger charge is -2.40. The van der Waals surface area contributed by atoms with Crippen LogP contribution in [0.15, 0.2) is 0 Å². The van der Waals surface area contributed by atoms with Gasteiger partial charge in [0, 0.05) is 0 Å². The summed E-state index contributed by atoms with van der Waals surface area (Å²) in [5.41, 5.74) is 0. The number of thiol groups is 1. The van der Waals surface area contributed by atoms with Gasteiger partial charge in [-0.2, -0.15) is 12.6 Å². The SMILES string of the molecule is CC1(C)O[C@@H]2[C@@H](CO[C@@]3(CNC(=O)CS)OC(C)(C)O[C@@H]23)O1. The summed E-state index contributed by atoms with van der Waals surface area (Å²) in [5.74, 6) is -2.70. The topological polar surface area (TPSA) is 75.3 Å². The van der Waals surface area contributed by atoms with Crippen molar-refractivity contribution >= 4 is 18.5 Å². The highest BCUT2D eigenvalue weighted by atomic mass is 32.1. The summed E-state index contributed by atoms with van der Waals surface area (Å²) >= 11 is 3.96. The van der Waals surface area contributed by atoms with Gasteiger partial charge < -0.3 is 29.0 Å². The summed E-state index contributed by atoms with van der Waals surface area (Å²) in [6.45, 7) is 7.83. The zero-order chi connectivity index (χ0) is 16.2. The smallest absolute Gasteiger partial charge is 0.229 e. The predicted molar refractivity (Wildman–Crippen MR) is 79.4 cm³/mol. The van der Waals surface area contributed by atoms with Crippen molar-refractivity contribution in [3.8, 4) is 0 Å². The lowest BCUT2D eigenvalue weighted by Crippen LogP contribution is -2.62. The Hall–Kier alpha value is -0.380. The third-order valence-corrected chi connectivity index (χ3v) is 4.24. The van der Waals surface area contributed by atoms with Crippen molar-refractivity contribution in [2.24, 2.45) is 0 Å². The second-order valence-electron chi connectivity index (χ2n) is 6.74. The fraction of sp³-hybridized carbons (Fsp3) is 0.929. The molecule has 126 valence electrons. The number of nitrogens with one attached hydrogen (secondary N) is 1. The van der Waals surface area contributed by atoms with E-state index in [1.165, 1.54) is 0 Å². The number of hydrogen-bond donors (Lipinski definition) is 2. The number of rotatable bonds is 3. The molecule has 3 fully saturated rings. The first-order valence-electron chi connectivity index (χ1n) is 7.42. The highest BCUT2D eigenvalue weighted by Gasteiger charge is 2.65. The molecule has 0 unspecified atom stereocenters. The van der Waals surface area contributed by atoms with E-state index in [4.69, 9.17) is 23.7 Å². The second-order valence-corrected chi connectivity index (χ2v) is 7.05. The first-order valence-corrected chi connectivity index (χ1v) is 8.05. The Kier molecular flexibility index (Phi) is 3.99. The van der Waals surface area contributed by atoms with Crippen LogP contribution in [0.25, 0.3) is 0 Å². The first-order chi connectivity index (χ1) is 10.2. The van der Waals surface area contributed by atoms with Gasteiger partial charge >= 0.3 is 0 Å².